The lowest BCUT2D eigenvalue weighted by molar-refractivity contribution is 1.07. The van der Waals surface area contributed by atoms with Crippen LogP contribution in [0, 0.1) is 0 Å². The van der Waals surface area contributed by atoms with Gasteiger partial charge in [-0.3, -0.25) is 0 Å². The number of aromatic nitrogens is 2. The van der Waals surface area contributed by atoms with Gasteiger partial charge < -0.3 is 11.1 Å². The highest BCUT2D eigenvalue weighted by Crippen LogP contribution is 2.19. The van der Waals surface area contributed by atoms with Crippen molar-refractivity contribution in [2.45, 2.75) is 0 Å². The van der Waals surface area contributed by atoms with Gasteiger partial charge in [0.05, 0.1) is 11.1 Å². The van der Waals surface area contributed by atoms with Gasteiger partial charge in [-0.05, 0) is 27.5 Å². The van der Waals surface area contributed by atoms with E-state index >= 15 is 0 Å². The quantitative estimate of drug-likeness (QED) is 0.600. The molecule has 4 nitrogen and oxygen atoms in total. The molecule has 3 N–H and O–H groups in total. The summed E-state index contributed by atoms with van der Waals surface area (Å²) in [7, 11) is 0. The minimum atomic E-state index is 0.198. The minimum Gasteiger partial charge on any atom is -0.357 e. The molecule has 0 unspecified atom stereocenters. The Bertz CT molecular complexity index is 254. The van der Waals surface area contributed by atoms with E-state index in [1.807, 2.05) is 0 Å². The number of halogens is 2. The molecule has 0 aromatic carbocycles. The second-order valence-electron chi connectivity index (χ2n) is 1.72. The number of nitrogens with zero attached hydrogens (tertiary/aromatic N) is 2. The molecule has 1 aromatic rings. The maximum Gasteiger partial charge on any atom is 0.224 e. The maximum atomic E-state index is 5.53. The summed E-state index contributed by atoms with van der Waals surface area (Å²) in [6, 6.07) is 0. The van der Waals surface area contributed by atoms with E-state index in [0.29, 0.717) is 12.5 Å². The molecular weight excluding hydrogens is 231 g/mol. The third-order valence-corrected chi connectivity index (χ3v) is 1.75. The third-order valence-electron chi connectivity index (χ3n) is 0.984. The number of hydrogen-bond donors (Lipinski definition) is 2. The van der Waals surface area contributed by atoms with E-state index < -0.39 is 0 Å². The molecule has 0 radical (unpaired) electrons. The van der Waals surface area contributed by atoms with Crippen molar-refractivity contribution in [3.05, 3.63) is 16.0 Å². The number of nitrogens with one attached hydrogen (secondary N) is 1. The Labute approximate surface area is 77.3 Å². The first kappa shape index (κ1) is 8.70. The smallest absolute Gasteiger partial charge is 0.224 e. The lowest BCUT2D eigenvalue weighted by atomic mass is 10.6. The van der Waals surface area contributed by atoms with Crippen molar-refractivity contribution in [2.24, 2.45) is 5.73 Å². The average molecular weight is 237 g/mol. The lowest BCUT2D eigenvalue weighted by Crippen LogP contribution is -2.12. The van der Waals surface area contributed by atoms with Crippen LogP contribution in [0.15, 0.2) is 10.7 Å². The monoisotopic (exact) mass is 236 g/mol. The summed E-state index contributed by atoms with van der Waals surface area (Å²) in [5.41, 5.74) is 5.24. The molecule has 1 heterocycles. The van der Waals surface area contributed by atoms with Crippen molar-refractivity contribution in [3.8, 4) is 0 Å². The van der Waals surface area contributed by atoms with Gasteiger partial charge >= 0.3 is 0 Å². The van der Waals surface area contributed by atoms with Gasteiger partial charge in [-0.15, -0.1) is 0 Å². The van der Waals surface area contributed by atoms with Gasteiger partial charge in [0, 0.05) is 6.20 Å². The van der Waals surface area contributed by atoms with Crippen molar-refractivity contribution in [1.29, 1.82) is 0 Å². The molecule has 11 heavy (non-hydrogen) atoms. The Kier molecular flexibility index (Phi) is 3.04. The van der Waals surface area contributed by atoms with Gasteiger partial charge in [0.1, 0.15) is 5.82 Å². The van der Waals surface area contributed by atoms with Gasteiger partial charge in [-0.2, -0.15) is 4.98 Å². The van der Waals surface area contributed by atoms with Crippen molar-refractivity contribution in [2.75, 3.05) is 12.0 Å². The zero-order chi connectivity index (χ0) is 8.27. The normalized spacial score (nSPS) is 9.73. The molecule has 1 rings (SSSR count). The van der Waals surface area contributed by atoms with Crippen LogP contribution in [0.5, 0.6) is 0 Å². The van der Waals surface area contributed by atoms with E-state index in [4.69, 9.17) is 17.3 Å². The predicted octanol–water partition coefficient (Wildman–Crippen LogP) is 1.22. The zero-order valence-electron chi connectivity index (χ0n) is 5.51. The van der Waals surface area contributed by atoms with Gasteiger partial charge in [-0.1, -0.05) is 0 Å². The van der Waals surface area contributed by atoms with Crippen LogP contribution in [-0.4, -0.2) is 16.6 Å². The molecule has 1 aromatic heterocycles. The van der Waals surface area contributed by atoms with E-state index in [1.165, 1.54) is 0 Å². The molecule has 0 fully saturated rings. The van der Waals surface area contributed by atoms with E-state index in [0.717, 1.165) is 4.47 Å². The van der Waals surface area contributed by atoms with Crippen molar-refractivity contribution < 1.29 is 0 Å². The first-order chi connectivity index (χ1) is 5.24. The molecule has 0 aliphatic heterocycles. The fourth-order valence-electron chi connectivity index (χ4n) is 0.566. The molecule has 0 saturated carbocycles. The third kappa shape index (κ3) is 2.28. The summed E-state index contributed by atoms with van der Waals surface area (Å²) in [6.45, 7) is 0.311. The highest BCUT2D eigenvalue weighted by atomic mass is 79.9. The first-order valence-corrected chi connectivity index (χ1v) is 4.03. The molecule has 0 aliphatic rings. The number of hydrogen-bond acceptors (Lipinski definition) is 4. The summed E-state index contributed by atoms with van der Waals surface area (Å²) in [4.78, 5) is 7.63. The molecule has 0 spiro atoms. The predicted molar refractivity (Wildman–Crippen MR) is 47.4 cm³/mol. The zero-order valence-corrected chi connectivity index (χ0v) is 7.85. The van der Waals surface area contributed by atoms with Gasteiger partial charge in [0.25, 0.3) is 0 Å². The Morgan fingerprint density at radius 2 is 2.45 bits per heavy atom. The SMILES string of the molecule is NCNc1nc(Cl)ncc1Br. The van der Waals surface area contributed by atoms with E-state index in [9.17, 15) is 0 Å². The summed E-state index contributed by atoms with van der Waals surface area (Å²) in [5, 5.41) is 3.01. The second kappa shape index (κ2) is 3.85. The van der Waals surface area contributed by atoms with Crippen molar-refractivity contribution in [1.82, 2.24) is 9.97 Å². The van der Waals surface area contributed by atoms with Crippen LogP contribution in [0.1, 0.15) is 0 Å². The topological polar surface area (TPSA) is 63.8 Å². The van der Waals surface area contributed by atoms with Crippen LogP contribution < -0.4 is 11.1 Å². The fraction of sp³-hybridized carbons (Fsp3) is 0.200. The molecule has 60 valence electrons. The summed E-state index contributed by atoms with van der Waals surface area (Å²) < 4.78 is 0.743. The Balaban J connectivity index is 2.93. The van der Waals surface area contributed by atoms with Crippen LogP contribution in [0.2, 0.25) is 5.28 Å². The molecule has 0 aliphatic carbocycles. The lowest BCUT2D eigenvalue weighted by Gasteiger charge is -2.02. The van der Waals surface area contributed by atoms with Crippen LogP contribution in [0.4, 0.5) is 5.82 Å². The minimum absolute atomic E-state index is 0.198. The average Bonchev–Trinajstić information content (AvgIpc) is 1.98. The first-order valence-electron chi connectivity index (χ1n) is 2.86. The Morgan fingerprint density at radius 3 is 3.09 bits per heavy atom. The van der Waals surface area contributed by atoms with Crippen LogP contribution >= 0.6 is 27.5 Å². The van der Waals surface area contributed by atoms with Crippen LogP contribution in [0.3, 0.4) is 0 Å². The highest BCUT2D eigenvalue weighted by molar-refractivity contribution is 9.10. The summed E-state index contributed by atoms with van der Waals surface area (Å²) in [6.07, 6.45) is 1.56. The summed E-state index contributed by atoms with van der Waals surface area (Å²) in [5.74, 6) is 0.604. The fourth-order valence-corrected chi connectivity index (χ4v) is 1.03. The van der Waals surface area contributed by atoms with Gasteiger partial charge in [0.15, 0.2) is 0 Å². The largest absolute Gasteiger partial charge is 0.357 e. The summed E-state index contributed by atoms with van der Waals surface area (Å²) >= 11 is 8.76. The van der Waals surface area contributed by atoms with E-state index in [2.05, 4.69) is 31.2 Å². The highest BCUT2D eigenvalue weighted by Gasteiger charge is 2.00. The van der Waals surface area contributed by atoms with E-state index in [1.54, 1.807) is 6.20 Å². The van der Waals surface area contributed by atoms with Crippen molar-refractivity contribution in [3.63, 3.8) is 0 Å². The molecule has 0 saturated heterocycles. The van der Waals surface area contributed by atoms with Gasteiger partial charge in [0.2, 0.25) is 5.28 Å². The van der Waals surface area contributed by atoms with Crippen molar-refractivity contribution >= 4 is 33.3 Å². The Hall–Kier alpha value is -0.390. The second-order valence-corrected chi connectivity index (χ2v) is 2.91. The number of anilines is 1. The standard InChI is InChI=1S/C5H6BrClN4/c6-3-1-9-5(7)11-4(3)10-2-8/h1H,2,8H2,(H,9,10,11). The van der Waals surface area contributed by atoms with Gasteiger partial charge in [-0.25, -0.2) is 4.98 Å². The molecular formula is C5H6BrClN4. The molecule has 0 bridgehead atoms. The van der Waals surface area contributed by atoms with Crippen LogP contribution in [0.25, 0.3) is 0 Å². The molecule has 6 heteroatoms. The molecule has 0 amide bonds. The molecule has 0 atom stereocenters. The van der Waals surface area contributed by atoms with E-state index in [-0.39, 0.29) is 5.28 Å². The van der Waals surface area contributed by atoms with Crippen LogP contribution in [-0.2, 0) is 0 Å². The number of rotatable bonds is 2. The number of nitrogens with two attached hydrogens (primary N) is 1. The Morgan fingerprint density at radius 1 is 1.73 bits per heavy atom. The maximum absolute atomic E-state index is 5.53.